The second-order valence-electron chi connectivity index (χ2n) is 5.81. The summed E-state index contributed by atoms with van der Waals surface area (Å²) in [4.78, 5) is 17.2. The van der Waals surface area contributed by atoms with Crippen molar-refractivity contribution in [2.24, 2.45) is 5.10 Å². The molecule has 0 unspecified atom stereocenters. The standard InChI is InChI=1S/C20H15N3O4S/c1-26-14-6-7-17-13(8-14)9-15(19(25)27-17)18-11-21-20(28-18)23-22-10-12-4-2-3-5-16(12)24/h2-11,24H,1H3,(H,21,23)/b22-10-. The SMILES string of the molecule is COc1ccc2oc(=O)c(-c3cnc(N/N=C\c4ccccc4O)s3)cc2c1. The number of phenols is 1. The number of rotatable bonds is 5. The maximum atomic E-state index is 12.3. The Morgan fingerprint density at radius 2 is 2.11 bits per heavy atom. The Kier molecular flexibility index (Phi) is 4.77. The van der Waals surface area contributed by atoms with E-state index in [2.05, 4.69) is 15.5 Å². The van der Waals surface area contributed by atoms with Crippen LogP contribution < -0.4 is 15.8 Å². The lowest BCUT2D eigenvalue weighted by Gasteiger charge is -2.03. The average Bonchev–Trinajstić information content (AvgIpc) is 3.17. The zero-order valence-electron chi connectivity index (χ0n) is 14.7. The molecule has 0 atom stereocenters. The molecule has 0 saturated heterocycles. The van der Waals surface area contributed by atoms with Gasteiger partial charge < -0.3 is 14.3 Å². The minimum atomic E-state index is -0.439. The molecule has 0 radical (unpaired) electrons. The van der Waals surface area contributed by atoms with E-state index in [-0.39, 0.29) is 5.75 Å². The van der Waals surface area contributed by atoms with E-state index >= 15 is 0 Å². The number of hydrogen-bond acceptors (Lipinski definition) is 8. The van der Waals surface area contributed by atoms with Gasteiger partial charge in [-0.2, -0.15) is 5.10 Å². The first kappa shape index (κ1) is 17.7. The minimum Gasteiger partial charge on any atom is -0.507 e. The number of anilines is 1. The predicted molar refractivity (Wildman–Crippen MR) is 109 cm³/mol. The number of nitrogens with one attached hydrogen (secondary N) is 1. The fraction of sp³-hybridized carbons (Fsp3) is 0.0500. The van der Waals surface area contributed by atoms with Gasteiger partial charge in [0.05, 0.1) is 23.8 Å². The summed E-state index contributed by atoms with van der Waals surface area (Å²) < 4.78 is 10.6. The lowest BCUT2D eigenvalue weighted by atomic mass is 10.1. The summed E-state index contributed by atoms with van der Waals surface area (Å²) in [6.07, 6.45) is 3.08. The van der Waals surface area contributed by atoms with Gasteiger partial charge in [-0.05, 0) is 36.4 Å². The van der Waals surface area contributed by atoms with Crippen LogP contribution in [0.1, 0.15) is 5.56 Å². The second-order valence-corrected chi connectivity index (χ2v) is 6.84. The molecule has 2 aromatic heterocycles. The molecule has 140 valence electrons. The van der Waals surface area contributed by atoms with E-state index in [9.17, 15) is 9.90 Å². The first-order valence-electron chi connectivity index (χ1n) is 8.29. The molecule has 7 nitrogen and oxygen atoms in total. The third-order valence-corrected chi connectivity index (χ3v) is 4.95. The number of ether oxygens (including phenoxy) is 1. The first-order valence-corrected chi connectivity index (χ1v) is 9.11. The lowest BCUT2D eigenvalue weighted by molar-refractivity contribution is 0.415. The van der Waals surface area contributed by atoms with Crippen LogP contribution in [0, 0.1) is 0 Å². The summed E-state index contributed by atoms with van der Waals surface area (Å²) in [5.41, 5.74) is 3.84. The van der Waals surface area contributed by atoms with Crippen LogP contribution in [0.25, 0.3) is 21.4 Å². The summed E-state index contributed by atoms with van der Waals surface area (Å²) in [5, 5.41) is 15.1. The Bertz CT molecular complexity index is 1230. The van der Waals surface area contributed by atoms with Crippen molar-refractivity contribution >= 4 is 33.7 Å². The van der Waals surface area contributed by atoms with Crippen LogP contribution in [0.15, 0.2) is 69.0 Å². The molecule has 4 aromatic rings. The number of nitrogens with zero attached hydrogens (tertiary/aromatic N) is 2. The van der Waals surface area contributed by atoms with Gasteiger partial charge in [-0.1, -0.05) is 23.5 Å². The number of fused-ring (bicyclic) bond motifs is 1. The largest absolute Gasteiger partial charge is 0.507 e. The van der Waals surface area contributed by atoms with Crippen LogP contribution in [0.3, 0.4) is 0 Å². The van der Waals surface area contributed by atoms with Gasteiger partial charge >= 0.3 is 5.63 Å². The normalized spacial score (nSPS) is 11.2. The summed E-state index contributed by atoms with van der Waals surface area (Å²) in [7, 11) is 1.58. The van der Waals surface area contributed by atoms with Gasteiger partial charge in [0.2, 0.25) is 5.13 Å². The number of benzene rings is 2. The molecule has 0 aliphatic heterocycles. The molecule has 2 N–H and O–H groups in total. The molecule has 0 saturated carbocycles. The molecular formula is C20H15N3O4S. The predicted octanol–water partition coefficient (Wildman–Crippen LogP) is 4.08. The molecule has 28 heavy (non-hydrogen) atoms. The number of para-hydroxylation sites is 1. The highest BCUT2D eigenvalue weighted by atomic mass is 32.1. The molecular weight excluding hydrogens is 378 g/mol. The van der Waals surface area contributed by atoms with Crippen molar-refractivity contribution < 1.29 is 14.3 Å². The summed E-state index contributed by atoms with van der Waals surface area (Å²) in [6, 6.07) is 13.9. The van der Waals surface area contributed by atoms with Crippen molar-refractivity contribution in [3.63, 3.8) is 0 Å². The highest BCUT2D eigenvalue weighted by Crippen LogP contribution is 2.30. The van der Waals surface area contributed by atoms with Gasteiger partial charge in [0, 0.05) is 17.1 Å². The third-order valence-electron chi connectivity index (χ3n) is 4.01. The quantitative estimate of drug-likeness (QED) is 0.301. The van der Waals surface area contributed by atoms with Gasteiger partial charge in [0.1, 0.15) is 17.1 Å². The van der Waals surface area contributed by atoms with Crippen LogP contribution in [-0.2, 0) is 0 Å². The van der Waals surface area contributed by atoms with Crippen molar-refractivity contribution in [1.29, 1.82) is 0 Å². The number of phenolic OH excluding ortho intramolecular Hbond substituents is 1. The number of methoxy groups -OCH3 is 1. The number of hydrazone groups is 1. The average molecular weight is 393 g/mol. The maximum Gasteiger partial charge on any atom is 0.345 e. The number of thiazole rings is 1. The zero-order valence-corrected chi connectivity index (χ0v) is 15.6. The Labute approximate surface area is 163 Å². The number of aromatic nitrogens is 1. The second kappa shape index (κ2) is 7.53. The molecule has 2 heterocycles. The van der Waals surface area contributed by atoms with Gasteiger partial charge in [0.25, 0.3) is 0 Å². The van der Waals surface area contributed by atoms with Crippen molar-refractivity contribution in [1.82, 2.24) is 4.98 Å². The van der Waals surface area contributed by atoms with Crippen LogP contribution in [0.5, 0.6) is 11.5 Å². The Morgan fingerprint density at radius 3 is 2.93 bits per heavy atom. The van der Waals surface area contributed by atoms with E-state index in [1.54, 1.807) is 61.8 Å². The highest BCUT2D eigenvalue weighted by Gasteiger charge is 2.12. The van der Waals surface area contributed by atoms with Gasteiger partial charge in [-0.25, -0.2) is 9.78 Å². The fourth-order valence-corrected chi connectivity index (χ4v) is 3.37. The van der Waals surface area contributed by atoms with Crippen molar-refractivity contribution in [2.45, 2.75) is 0 Å². The monoisotopic (exact) mass is 393 g/mol. The molecule has 0 aliphatic rings. The van der Waals surface area contributed by atoms with Crippen LogP contribution in [-0.4, -0.2) is 23.4 Å². The van der Waals surface area contributed by atoms with Gasteiger partial charge in [-0.3, -0.25) is 5.43 Å². The van der Waals surface area contributed by atoms with E-state index < -0.39 is 5.63 Å². The first-order chi connectivity index (χ1) is 13.6. The molecule has 4 rings (SSSR count). The third kappa shape index (κ3) is 3.58. The summed E-state index contributed by atoms with van der Waals surface area (Å²) in [6.45, 7) is 0. The smallest absolute Gasteiger partial charge is 0.345 e. The Hall–Kier alpha value is -3.65. The molecule has 0 spiro atoms. The fourth-order valence-electron chi connectivity index (χ4n) is 2.60. The summed E-state index contributed by atoms with van der Waals surface area (Å²) >= 11 is 1.27. The van der Waals surface area contributed by atoms with Gasteiger partial charge in [-0.15, -0.1) is 0 Å². The molecule has 0 bridgehead atoms. The van der Waals surface area contributed by atoms with E-state index in [0.717, 1.165) is 5.39 Å². The number of aromatic hydroxyl groups is 1. The Balaban J connectivity index is 1.59. The van der Waals surface area contributed by atoms with E-state index in [1.807, 2.05) is 0 Å². The van der Waals surface area contributed by atoms with Gasteiger partial charge in [0.15, 0.2) is 0 Å². The van der Waals surface area contributed by atoms with Crippen LogP contribution in [0.2, 0.25) is 0 Å². The van der Waals surface area contributed by atoms with Crippen LogP contribution >= 0.6 is 11.3 Å². The maximum absolute atomic E-state index is 12.3. The highest BCUT2D eigenvalue weighted by molar-refractivity contribution is 7.18. The van der Waals surface area contributed by atoms with Crippen molar-refractivity contribution in [3.05, 3.63) is 70.7 Å². The van der Waals surface area contributed by atoms with Crippen molar-refractivity contribution in [3.8, 4) is 21.9 Å². The molecule has 0 fully saturated rings. The van der Waals surface area contributed by atoms with E-state index in [0.29, 0.717) is 32.5 Å². The topological polar surface area (TPSA) is 97.0 Å². The lowest BCUT2D eigenvalue weighted by Crippen LogP contribution is -2.01. The zero-order chi connectivity index (χ0) is 19.5. The molecule has 0 amide bonds. The molecule has 8 heteroatoms. The minimum absolute atomic E-state index is 0.136. The van der Waals surface area contributed by atoms with Crippen molar-refractivity contribution in [2.75, 3.05) is 12.5 Å². The molecule has 2 aromatic carbocycles. The van der Waals surface area contributed by atoms with E-state index in [4.69, 9.17) is 9.15 Å². The Morgan fingerprint density at radius 1 is 1.25 bits per heavy atom. The summed E-state index contributed by atoms with van der Waals surface area (Å²) in [5.74, 6) is 0.814. The number of hydrogen-bond donors (Lipinski definition) is 2. The molecule has 0 aliphatic carbocycles. The van der Waals surface area contributed by atoms with E-state index in [1.165, 1.54) is 17.6 Å². The van der Waals surface area contributed by atoms with Crippen LogP contribution in [0.4, 0.5) is 5.13 Å².